The first-order valence-corrected chi connectivity index (χ1v) is 7.11. The number of nitrogens with one attached hydrogen (secondary N) is 1. The topological polar surface area (TPSA) is 58.6 Å². The van der Waals surface area contributed by atoms with Gasteiger partial charge in [0.2, 0.25) is 0 Å². The van der Waals surface area contributed by atoms with Gasteiger partial charge < -0.3 is 15.2 Å². The van der Waals surface area contributed by atoms with Crippen LogP contribution in [0.3, 0.4) is 0 Å². The summed E-state index contributed by atoms with van der Waals surface area (Å²) in [5.74, 6) is 0.492. The van der Waals surface area contributed by atoms with Crippen molar-refractivity contribution < 1.29 is 14.6 Å². The van der Waals surface area contributed by atoms with E-state index in [4.69, 9.17) is 9.84 Å². The van der Waals surface area contributed by atoms with E-state index in [1.807, 2.05) is 19.1 Å². The molecule has 0 fully saturated rings. The third-order valence-electron chi connectivity index (χ3n) is 3.17. The lowest BCUT2D eigenvalue weighted by molar-refractivity contribution is 0.0929. The van der Waals surface area contributed by atoms with Crippen LogP contribution in [0.25, 0.3) is 0 Å². The Labute approximate surface area is 121 Å². The Morgan fingerprint density at radius 3 is 2.70 bits per heavy atom. The Bertz CT molecular complexity index is 429. The lowest BCUT2D eigenvalue weighted by atomic mass is 9.88. The zero-order valence-electron chi connectivity index (χ0n) is 12.6. The van der Waals surface area contributed by atoms with Crippen LogP contribution in [0, 0.1) is 5.41 Å². The lowest BCUT2D eigenvalue weighted by Crippen LogP contribution is -2.34. The molecule has 1 aromatic carbocycles. The summed E-state index contributed by atoms with van der Waals surface area (Å²) in [5.41, 5.74) is 0.534. The molecule has 0 aromatic heterocycles. The zero-order valence-corrected chi connectivity index (χ0v) is 12.6. The molecule has 4 heteroatoms. The second-order valence-electron chi connectivity index (χ2n) is 5.60. The first-order chi connectivity index (χ1) is 9.50. The van der Waals surface area contributed by atoms with Crippen molar-refractivity contribution >= 4 is 5.91 Å². The highest BCUT2D eigenvalue weighted by Gasteiger charge is 2.20. The molecule has 0 unspecified atom stereocenters. The van der Waals surface area contributed by atoms with E-state index in [1.54, 1.807) is 12.1 Å². The number of carbonyl (C=O) groups is 1. The Morgan fingerprint density at radius 2 is 2.05 bits per heavy atom. The third kappa shape index (κ3) is 5.21. The maximum atomic E-state index is 12.2. The van der Waals surface area contributed by atoms with Crippen molar-refractivity contribution in [2.45, 2.75) is 33.6 Å². The van der Waals surface area contributed by atoms with Gasteiger partial charge in [-0.2, -0.15) is 0 Å². The molecular weight excluding hydrogens is 254 g/mol. The van der Waals surface area contributed by atoms with Gasteiger partial charge in [-0.05, 0) is 37.3 Å². The summed E-state index contributed by atoms with van der Waals surface area (Å²) < 4.78 is 5.46. The molecule has 2 N–H and O–H groups in total. The molecule has 0 atom stereocenters. The SMILES string of the molecule is CCOc1ccccc1C(=O)NCC(C)(C)CCCO. The first-order valence-electron chi connectivity index (χ1n) is 7.11. The number of benzene rings is 1. The van der Waals surface area contributed by atoms with Gasteiger partial charge in [-0.15, -0.1) is 0 Å². The lowest BCUT2D eigenvalue weighted by Gasteiger charge is -2.24. The summed E-state index contributed by atoms with van der Waals surface area (Å²) >= 11 is 0. The number of hydrogen-bond donors (Lipinski definition) is 2. The van der Waals surface area contributed by atoms with Crippen LogP contribution < -0.4 is 10.1 Å². The normalized spacial score (nSPS) is 11.2. The van der Waals surface area contributed by atoms with Gasteiger partial charge in [0.25, 0.3) is 5.91 Å². The van der Waals surface area contributed by atoms with Gasteiger partial charge in [0.05, 0.1) is 12.2 Å². The fourth-order valence-electron chi connectivity index (χ4n) is 2.00. The van der Waals surface area contributed by atoms with Crippen LogP contribution in [0.2, 0.25) is 0 Å². The number of aliphatic hydroxyl groups is 1. The molecule has 1 aromatic rings. The molecular formula is C16H25NO3. The largest absolute Gasteiger partial charge is 0.493 e. The highest BCUT2D eigenvalue weighted by Crippen LogP contribution is 2.22. The van der Waals surface area contributed by atoms with Crippen molar-refractivity contribution in [3.63, 3.8) is 0 Å². The van der Waals surface area contributed by atoms with E-state index in [1.165, 1.54) is 0 Å². The predicted octanol–water partition coefficient (Wildman–Crippen LogP) is 2.61. The van der Waals surface area contributed by atoms with Crippen LogP contribution in [-0.2, 0) is 0 Å². The van der Waals surface area contributed by atoms with Crippen LogP contribution in [0.4, 0.5) is 0 Å². The molecule has 0 radical (unpaired) electrons. The molecule has 0 heterocycles. The second kappa shape index (κ2) is 7.90. The summed E-state index contributed by atoms with van der Waals surface area (Å²) in [4.78, 5) is 12.2. The summed E-state index contributed by atoms with van der Waals surface area (Å²) in [6, 6.07) is 7.25. The molecule has 1 amide bonds. The van der Waals surface area contributed by atoms with E-state index in [0.717, 1.165) is 12.8 Å². The van der Waals surface area contributed by atoms with E-state index in [2.05, 4.69) is 19.2 Å². The van der Waals surface area contributed by atoms with Gasteiger partial charge in [-0.3, -0.25) is 4.79 Å². The number of rotatable bonds is 8. The minimum atomic E-state index is -0.119. The number of ether oxygens (including phenoxy) is 1. The van der Waals surface area contributed by atoms with Gasteiger partial charge in [0.15, 0.2) is 0 Å². The quantitative estimate of drug-likeness (QED) is 0.769. The number of carbonyl (C=O) groups excluding carboxylic acids is 1. The molecule has 0 saturated heterocycles. The third-order valence-corrected chi connectivity index (χ3v) is 3.17. The maximum absolute atomic E-state index is 12.2. The Morgan fingerprint density at radius 1 is 1.35 bits per heavy atom. The summed E-state index contributed by atoms with van der Waals surface area (Å²) in [6.07, 6.45) is 1.62. The fraction of sp³-hybridized carbons (Fsp3) is 0.562. The van der Waals surface area contributed by atoms with Crippen LogP contribution in [-0.4, -0.2) is 30.8 Å². The molecule has 20 heavy (non-hydrogen) atoms. The van der Waals surface area contributed by atoms with Crippen molar-refractivity contribution in [2.75, 3.05) is 19.8 Å². The average Bonchev–Trinajstić information content (AvgIpc) is 2.44. The minimum Gasteiger partial charge on any atom is -0.493 e. The molecule has 4 nitrogen and oxygen atoms in total. The highest BCUT2D eigenvalue weighted by molar-refractivity contribution is 5.96. The monoisotopic (exact) mass is 279 g/mol. The minimum absolute atomic E-state index is 0.0288. The van der Waals surface area contributed by atoms with E-state index in [0.29, 0.717) is 24.5 Å². The van der Waals surface area contributed by atoms with Crippen LogP contribution >= 0.6 is 0 Å². The standard InChI is InChI=1S/C16H25NO3/c1-4-20-14-9-6-5-8-13(14)15(19)17-12-16(2,3)10-7-11-18/h5-6,8-9,18H,4,7,10-12H2,1-3H3,(H,17,19). The van der Waals surface area contributed by atoms with Crippen molar-refractivity contribution in [2.24, 2.45) is 5.41 Å². The van der Waals surface area contributed by atoms with Gasteiger partial charge in [0.1, 0.15) is 5.75 Å². The Hall–Kier alpha value is -1.55. The molecule has 0 spiro atoms. The van der Waals surface area contributed by atoms with Crippen molar-refractivity contribution in [3.8, 4) is 5.75 Å². The Balaban J connectivity index is 2.63. The maximum Gasteiger partial charge on any atom is 0.255 e. The summed E-state index contributed by atoms with van der Waals surface area (Å²) in [5, 5.41) is 11.8. The molecule has 0 saturated carbocycles. The number of aliphatic hydroxyl groups excluding tert-OH is 1. The van der Waals surface area contributed by atoms with Crippen molar-refractivity contribution in [3.05, 3.63) is 29.8 Å². The van der Waals surface area contributed by atoms with Gasteiger partial charge >= 0.3 is 0 Å². The smallest absolute Gasteiger partial charge is 0.255 e. The first kappa shape index (κ1) is 16.5. The van der Waals surface area contributed by atoms with E-state index < -0.39 is 0 Å². The number of amides is 1. The second-order valence-corrected chi connectivity index (χ2v) is 5.60. The molecule has 0 bridgehead atoms. The number of para-hydroxylation sites is 1. The van der Waals surface area contributed by atoms with Crippen LogP contribution in [0.5, 0.6) is 5.75 Å². The Kier molecular flexibility index (Phi) is 6.52. The van der Waals surface area contributed by atoms with Crippen molar-refractivity contribution in [1.29, 1.82) is 0 Å². The molecule has 112 valence electrons. The predicted molar refractivity (Wildman–Crippen MR) is 80.0 cm³/mol. The fourth-order valence-corrected chi connectivity index (χ4v) is 2.00. The summed E-state index contributed by atoms with van der Waals surface area (Å²) in [6.45, 7) is 7.35. The number of hydrogen-bond acceptors (Lipinski definition) is 3. The van der Waals surface area contributed by atoms with E-state index in [9.17, 15) is 4.79 Å². The molecule has 0 aliphatic rings. The average molecular weight is 279 g/mol. The summed E-state index contributed by atoms with van der Waals surface area (Å²) in [7, 11) is 0. The van der Waals surface area contributed by atoms with Crippen molar-refractivity contribution in [1.82, 2.24) is 5.32 Å². The van der Waals surface area contributed by atoms with E-state index >= 15 is 0 Å². The van der Waals surface area contributed by atoms with Crippen LogP contribution in [0.1, 0.15) is 44.0 Å². The van der Waals surface area contributed by atoms with Gasteiger partial charge in [0, 0.05) is 13.2 Å². The van der Waals surface area contributed by atoms with Crippen LogP contribution in [0.15, 0.2) is 24.3 Å². The van der Waals surface area contributed by atoms with E-state index in [-0.39, 0.29) is 17.9 Å². The van der Waals surface area contributed by atoms with Gasteiger partial charge in [-0.25, -0.2) is 0 Å². The zero-order chi connectivity index (χ0) is 15.0. The molecule has 0 aliphatic heterocycles. The van der Waals surface area contributed by atoms with Gasteiger partial charge in [-0.1, -0.05) is 26.0 Å². The molecule has 1 rings (SSSR count). The molecule has 0 aliphatic carbocycles. The highest BCUT2D eigenvalue weighted by atomic mass is 16.5.